The molecule has 2 atom stereocenters. The van der Waals surface area contributed by atoms with Crippen molar-refractivity contribution in [1.82, 2.24) is 14.9 Å². The highest BCUT2D eigenvalue weighted by molar-refractivity contribution is 5.95. The third-order valence-corrected chi connectivity index (χ3v) is 5.02. The number of aromatic amines is 1. The fourth-order valence-corrected chi connectivity index (χ4v) is 3.52. The van der Waals surface area contributed by atoms with Crippen LogP contribution in [0, 0.1) is 13.8 Å². The van der Waals surface area contributed by atoms with Gasteiger partial charge in [0.05, 0.1) is 5.69 Å². The number of aromatic nitrogens is 2. The van der Waals surface area contributed by atoms with Crippen molar-refractivity contribution < 1.29 is 4.79 Å². The second-order valence-electron chi connectivity index (χ2n) is 6.90. The predicted octanol–water partition coefficient (Wildman–Crippen LogP) is 3.07. The normalized spacial score (nSPS) is 18.5. The van der Waals surface area contributed by atoms with E-state index in [1.54, 1.807) is 29.0 Å². The fraction of sp³-hybridized carbons (Fsp3) is 0.238. The van der Waals surface area contributed by atoms with E-state index in [4.69, 9.17) is 0 Å². The maximum absolute atomic E-state index is 12.6. The fourth-order valence-electron chi connectivity index (χ4n) is 3.52. The molecule has 0 radical (unpaired) electrons. The molecule has 2 aromatic carbocycles. The molecule has 26 heavy (non-hydrogen) atoms. The molecule has 1 aliphatic carbocycles. The third-order valence-electron chi connectivity index (χ3n) is 5.02. The van der Waals surface area contributed by atoms with Crippen molar-refractivity contribution in [2.75, 3.05) is 0 Å². The minimum atomic E-state index is -0.207. The Morgan fingerprint density at radius 2 is 1.96 bits per heavy atom. The summed E-state index contributed by atoms with van der Waals surface area (Å²) < 4.78 is 1.56. The molecule has 5 heteroatoms. The monoisotopic (exact) mass is 347 g/mol. The summed E-state index contributed by atoms with van der Waals surface area (Å²) in [4.78, 5) is 27.3. The van der Waals surface area contributed by atoms with Crippen molar-refractivity contribution >= 4 is 5.91 Å². The zero-order valence-electron chi connectivity index (χ0n) is 14.8. The van der Waals surface area contributed by atoms with E-state index in [1.807, 2.05) is 25.1 Å². The van der Waals surface area contributed by atoms with E-state index in [2.05, 4.69) is 29.4 Å². The van der Waals surface area contributed by atoms with Crippen LogP contribution in [0.1, 0.15) is 39.5 Å². The highest BCUT2D eigenvalue weighted by Gasteiger charge is 2.40. The first-order valence-electron chi connectivity index (χ1n) is 8.78. The van der Waals surface area contributed by atoms with Gasteiger partial charge in [-0.25, -0.2) is 4.79 Å². The van der Waals surface area contributed by atoms with Crippen molar-refractivity contribution in [2.45, 2.75) is 32.2 Å². The Morgan fingerprint density at radius 3 is 2.69 bits per heavy atom. The van der Waals surface area contributed by atoms with Crippen LogP contribution < -0.4 is 11.0 Å². The van der Waals surface area contributed by atoms with Crippen molar-refractivity contribution in [1.29, 1.82) is 0 Å². The highest BCUT2D eigenvalue weighted by Crippen LogP contribution is 2.42. The molecule has 5 nitrogen and oxygen atoms in total. The van der Waals surface area contributed by atoms with Crippen molar-refractivity contribution in [3.8, 4) is 5.69 Å². The standard InChI is InChI=1S/C21H21N3O2/c1-13-6-3-4-9-17(13)18-11-19(18)23-20(25)15-7-5-8-16(10-15)24-14(2)12-22-21(24)26/h3-10,12,18-19H,11H2,1-2H3,(H,22,26)(H,23,25)/t18-,19-/m0/s1. The molecule has 4 rings (SSSR count). The SMILES string of the molecule is Cc1ccccc1[C@@H]1C[C@@H]1NC(=O)c1cccc(-n2c(C)c[nH]c2=O)c1. The average Bonchev–Trinajstić information content (AvgIpc) is 3.31. The lowest BCUT2D eigenvalue weighted by molar-refractivity contribution is 0.0950. The summed E-state index contributed by atoms with van der Waals surface area (Å²) in [7, 11) is 0. The number of H-pyrrole nitrogens is 1. The first-order valence-corrected chi connectivity index (χ1v) is 8.78. The second kappa shape index (κ2) is 6.33. The number of nitrogens with one attached hydrogen (secondary N) is 2. The number of hydrogen-bond acceptors (Lipinski definition) is 2. The highest BCUT2D eigenvalue weighted by atomic mass is 16.2. The van der Waals surface area contributed by atoms with Crippen LogP contribution in [0.3, 0.4) is 0 Å². The van der Waals surface area contributed by atoms with Gasteiger partial charge in [-0.05, 0) is 49.6 Å². The van der Waals surface area contributed by atoms with E-state index in [9.17, 15) is 9.59 Å². The molecule has 0 saturated heterocycles. The number of imidazole rings is 1. The average molecular weight is 347 g/mol. The molecule has 1 aliphatic rings. The molecule has 1 heterocycles. The number of nitrogens with zero attached hydrogens (tertiary/aromatic N) is 1. The quantitative estimate of drug-likeness (QED) is 0.762. The molecule has 0 aliphatic heterocycles. The van der Waals surface area contributed by atoms with Gasteiger partial charge in [0.2, 0.25) is 0 Å². The van der Waals surface area contributed by atoms with E-state index in [0.29, 0.717) is 17.2 Å². The van der Waals surface area contributed by atoms with Gasteiger partial charge >= 0.3 is 5.69 Å². The number of amides is 1. The molecule has 132 valence electrons. The summed E-state index contributed by atoms with van der Waals surface area (Å²) in [5.41, 5.74) is 4.41. The maximum Gasteiger partial charge on any atom is 0.330 e. The van der Waals surface area contributed by atoms with Gasteiger partial charge in [-0.3, -0.25) is 9.36 Å². The van der Waals surface area contributed by atoms with Crippen LogP contribution in [-0.4, -0.2) is 21.5 Å². The summed E-state index contributed by atoms with van der Waals surface area (Å²) >= 11 is 0. The molecule has 0 bridgehead atoms. The predicted molar refractivity (Wildman–Crippen MR) is 101 cm³/mol. The molecular formula is C21H21N3O2. The third kappa shape index (κ3) is 2.96. The number of benzene rings is 2. The Balaban J connectivity index is 1.51. The minimum absolute atomic E-state index is 0.103. The molecule has 2 N–H and O–H groups in total. The minimum Gasteiger partial charge on any atom is -0.349 e. The molecule has 1 saturated carbocycles. The van der Waals surface area contributed by atoms with Crippen LogP contribution in [0.2, 0.25) is 0 Å². The van der Waals surface area contributed by atoms with Crippen LogP contribution in [0.25, 0.3) is 5.69 Å². The van der Waals surface area contributed by atoms with E-state index < -0.39 is 0 Å². The largest absolute Gasteiger partial charge is 0.349 e. The zero-order chi connectivity index (χ0) is 18.3. The van der Waals surface area contributed by atoms with E-state index in [-0.39, 0.29) is 17.6 Å². The van der Waals surface area contributed by atoms with Gasteiger partial charge in [-0.15, -0.1) is 0 Å². The molecule has 0 unspecified atom stereocenters. The van der Waals surface area contributed by atoms with Crippen LogP contribution >= 0.6 is 0 Å². The topological polar surface area (TPSA) is 66.9 Å². The maximum atomic E-state index is 12.6. The lowest BCUT2D eigenvalue weighted by Crippen LogP contribution is -2.27. The molecule has 0 spiro atoms. The molecule has 1 fully saturated rings. The Kier molecular flexibility index (Phi) is 3.99. The Hall–Kier alpha value is -3.08. The lowest BCUT2D eigenvalue weighted by atomic mass is 10.0. The first-order chi connectivity index (χ1) is 12.5. The molecule has 3 aromatic rings. The summed E-state index contributed by atoms with van der Waals surface area (Å²) in [6.07, 6.45) is 2.62. The van der Waals surface area contributed by atoms with E-state index in [0.717, 1.165) is 12.1 Å². The Bertz CT molecular complexity index is 1030. The van der Waals surface area contributed by atoms with Crippen molar-refractivity contribution in [3.63, 3.8) is 0 Å². The first kappa shape index (κ1) is 16.4. The summed E-state index contributed by atoms with van der Waals surface area (Å²) in [6, 6.07) is 15.6. The van der Waals surface area contributed by atoms with Crippen molar-refractivity contribution in [2.24, 2.45) is 0 Å². The van der Waals surface area contributed by atoms with Gasteiger partial charge < -0.3 is 10.3 Å². The number of hydrogen-bond donors (Lipinski definition) is 2. The molecule has 1 amide bonds. The Labute approximate surface area is 151 Å². The number of aryl methyl sites for hydroxylation is 2. The zero-order valence-corrected chi connectivity index (χ0v) is 14.8. The van der Waals surface area contributed by atoms with Gasteiger partial charge in [-0.1, -0.05) is 30.3 Å². The van der Waals surface area contributed by atoms with Gasteiger partial charge in [0.15, 0.2) is 0 Å². The van der Waals surface area contributed by atoms with Crippen LogP contribution in [-0.2, 0) is 0 Å². The van der Waals surface area contributed by atoms with Crippen molar-refractivity contribution in [3.05, 3.63) is 87.6 Å². The van der Waals surface area contributed by atoms with Gasteiger partial charge in [-0.2, -0.15) is 0 Å². The van der Waals surface area contributed by atoms with Crippen LogP contribution in [0.4, 0.5) is 0 Å². The summed E-state index contributed by atoms with van der Waals surface area (Å²) in [6.45, 7) is 3.95. The molecule has 1 aromatic heterocycles. The van der Waals surface area contributed by atoms with Crippen LogP contribution in [0.5, 0.6) is 0 Å². The number of rotatable bonds is 4. The number of carbonyl (C=O) groups is 1. The molecular weight excluding hydrogens is 326 g/mol. The number of carbonyl (C=O) groups excluding carboxylic acids is 1. The van der Waals surface area contributed by atoms with E-state index >= 15 is 0 Å². The second-order valence-corrected chi connectivity index (χ2v) is 6.90. The summed E-state index contributed by atoms with van der Waals surface area (Å²) in [5, 5.41) is 3.11. The van der Waals surface area contributed by atoms with Gasteiger partial charge in [0.1, 0.15) is 0 Å². The van der Waals surface area contributed by atoms with Gasteiger partial charge in [0, 0.05) is 29.4 Å². The lowest BCUT2D eigenvalue weighted by Gasteiger charge is -2.09. The van der Waals surface area contributed by atoms with Gasteiger partial charge in [0.25, 0.3) is 5.91 Å². The smallest absolute Gasteiger partial charge is 0.330 e. The van der Waals surface area contributed by atoms with Crippen LogP contribution in [0.15, 0.2) is 59.5 Å². The Morgan fingerprint density at radius 1 is 1.15 bits per heavy atom. The van der Waals surface area contributed by atoms with E-state index in [1.165, 1.54) is 11.1 Å². The summed E-state index contributed by atoms with van der Waals surface area (Å²) in [5.74, 6) is 0.284.